The largest absolute Gasteiger partial charge is 0.497 e. The molecule has 0 unspecified atom stereocenters. The first kappa shape index (κ1) is 28.2. The number of aromatic nitrogens is 2. The highest BCUT2D eigenvalue weighted by atomic mass is 16.5. The molecule has 3 aromatic rings. The molecule has 0 aliphatic carbocycles. The second-order valence-corrected chi connectivity index (χ2v) is 11.7. The van der Waals surface area contributed by atoms with E-state index in [1.807, 2.05) is 29.2 Å². The Morgan fingerprint density at radius 3 is 2.26 bits per heavy atom. The van der Waals surface area contributed by atoms with Crippen molar-refractivity contribution in [3.63, 3.8) is 0 Å². The number of ether oxygens (including phenoxy) is 1. The van der Waals surface area contributed by atoms with Gasteiger partial charge in [-0.25, -0.2) is 4.98 Å². The van der Waals surface area contributed by atoms with Gasteiger partial charge in [0.15, 0.2) is 0 Å². The van der Waals surface area contributed by atoms with E-state index >= 15 is 0 Å². The van der Waals surface area contributed by atoms with Crippen molar-refractivity contribution in [1.29, 1.82) is 0 Å². The van der Waals surface area contributed by atoms with Gasteiger partial charge in [0, 0.05) is 31.6 Å². The van der Waals surface area contributed by atoms with Gasteiger partial charge < -0.3 is 19.1 Å². The number of piperidine rings is 1. The van der Waals surface area contributed by atoms with Crippen LogP contribution in [0.1, 0.15) is 75.1 Å². The van der Waals surface area contributed by atoms with Gasteiger partial charge in [-0.1, -0.05) is 46.2 Å². The van der Waals surface area contributed by atoms with Crippen molar-refractivity contribution in [3.8, 4) is 5.75 Å². The molecule has 0 spiro atoms. The number of benzene rings is 2. The zero-order valence-electron chi connectivity index (χ0n) is 24.1. The van der Waals surface area contributed by atoms with Gasteiger partial charge in [-0.2, -0.15) is 0 Å². The SMILES string of the molecule is COc1ccc(Cc2nc3ccc(C(=O)N(CC(C)C)CC(C)C)cc3n2CCCN2CCCCC2)cc1. The number of fused-ring (bicyclic) bond motifs is 1. The molecule has 0 N–H and O–H groups in total. The Labute approximate surface area is 229 Å². The first-order valence-electron chi connectivity index (χ1n) is 14.5. The van der Waals surface area contributed by atoms with Crippen LogP contribution in [-0.2, 0) is 13.0 Å². The Hall–Kier alpha value is -2.86. The first-order valence-corrected chi connectivity index (χ1v) is 14.5. The van der Waals surface area contributed by atoms with Crippen LogP contribution in [0.2, 0.25) is 0 Å². The summed E-state index contributed by atoms with van der Waals surface area (Å²) < 4.78 is 7.70. The van der Waals surface area contributed by atoms with Gasteiger partial charge in [0.2, 0.25) is 0 Å². The lowest BCUT2D eigenvalue weighted by Gasteiger charge is -2.27. The maximum atomic E-state index is 13.6. The molecule has 0 bridgehead atoms. The van der Waals surface area contributed by atoms with E-state index in [0.29, 0.717) is 11.8 Å². The Kier molecular flexibility index (Phi) is 9.84. The molecule has 6 nitrogen and oxygen atoms in total. The van der Waals surface area contributed by atoms with E-state index in [1.165, 1.54) is 37.9 Å². The van der Waals surface area contributed by atoms with Gasteiger partial charge in [-0.15, -0.1) is 0 Å². The highest BCUT2D eigenvalue weighted by molar-refractivity contribution is 5.97. The summed E-state index contributed by atoms with van der Waals surface area (Å²) >= 11 is 0. The Morgan fingerprint density at radius 1 is 0.947 bits per heavy atom. The summed E-state index contributed by atoms with van der Waals surface area (Å²) in [7, 11) is 1.69. The highest BCUT2D eigenvalue weighted by Gasteiger charge is 2.20. The Morgan fingerprint density at radius 2 is 1.63 bits per heavy atom. The van der Waals surface area contributed by atoms with E-state index in [9.17, 15) is 4.79 Å². The number of carbonyl (C=O) groups is 1. The third-order valence-corrected chi connectivity index (χ3v) is 7.36. The standard InChI is InChI=1S/C32H46N4O2/c1-24(2)22-35(23-25(3)4)32(37)27-12-15-29-30(21-27)36(19-9-18-34-16-7-6-8-17-34)31(33-29)20-26-10-13-28(38-5)14-11-26/h10-15,21,24-25H,6-9,16-20,22-23H2,1-5H3. The summed E-state index contributed by atoms with van der Waals surface area (Å²) in [6.07, 6.45) is 5.80. The van der Waals surface area contributed by atoms with E-state index in [4.69, 9.17) is 9.72 Å². The lowest BCUT2D eigenvalue weighted by atomic mass is 10.1. The second-order valence-electron chi connectivity index (χ2n) is 11.7. The van der Waals surface area contributed by atoms with Crippen LogP contribution in [-0.4, -0.2) is 65.1 Å². The topological polar surface area (TPSA) is 50.6 Å². The molecule has 206 valence electrons. The summed E-state index contributed by atoms with van der Waals surface area (Å²) in [5, 5.41) is 0. The molecule has 2 heterocycles. The van der Waals surface area contributed by atoms with E-state index in [-0.39, 0.29) is 5.91 Å². The fourth-order valence-corrected chi connectivity index (χ4v) is 5.56. The number of likely N-dealkylation sites (tertiary alicyclic amines) is 1. The summed E-state index contributed by atoms with van der Waals surface area (Å²) in [4.78, 5) is 23.3. The quantitative estimate of drug-likeness (QED) is 0.284. The third-order valence-electron chi connectivity index (χ3n) is 7.36. The van der Waals surface area contributed by atoms with Gasteiger partial charge in [0.1, 0.15) is 11.6 Å². The molecule has 0 saturated carbocycles. The number of amides is 1. The Balaban J connectivity index is 1.63. The number of carbonyl (C=O) groups excluding carboxylic acids is 1. The molecule has 1 aromatic heterocycles. The molecule has 1 aliphatic rings. The van der Waals surface area contributed by atoms with Crippen molar-refractivity contribution < 1.29 is 9.53 Å². The minimum absolute atomic E-state index is 0.118. The van der Waals surface area contributed by atoms with Crippen LogP contribution < -0.4 is 4.74 Å². The van der Waals surface area contributed by atoms with Crippen molar-refractivity contribution in [2.24, 2.45) is 11.8 Å². The molecule has 1 fully saturated rings. The van der Waals surface area contributed by atoms with Crippen molar-refractivity contribution in [2.75, 3.05) is 39.8 Å². The number of hydrogen-bond acceptors (Lipinski definition) is 4. The minimum atomic E-state index is 0.118. The van der Waals surface area contributed by atoms with Gasteiger partial charge in [0.25, 0.3) is 5.91 Å². The van der Waals surface area contributed by atoms with Crippen molar-refractivity contribution in [2.45, 2.75) is 66.3 Å². The molecule has 1 amide bonds. The van der Waals surface area contributed by atoms with Crippen LogP contribution >= 0.6 is 0 Å². The fourth-order valence-electron chi connectivity index (χ4n) is 5.56. The average molecular weight is 519 g/mol. The molecule has 2 aromatic carbocycles. The molecule has 38 heavy (non-hydrogen) atoms. The van der Waals surface area contributed by atoms with Crippen LogP contribution in [0, 0.1) is 11.8 Å². The average Bonchev–Trinajstić information content (AvgIpc) is 3.24. The number of aryl methyl sites for hydroxylation is 1. The van der Waals surface area contributed by atoms with Crippen molar-refractivity contribution >= 4 is 16.9 Å². The summed E-state index contributed by atoms with van der Waals surface area (Å²) in [5.74, 6) is 2.89. The summed E-state index contributed by atoms with van der Waals surface area (Å²) in [5.41, 5.74) is 3.98. The third kappa shape index (κ3) is 7.37. The zero-order chi connectivity index (χ0) is 27.1. The molecule has 0 atom stereocenters. The van der Waals surface area contributed by atoms with Crippen molar-refractivity contribution in [1.82, 2.24) is 19.4 Å². The number of rotatable bonds is 12. The first-order chi connectivity index (χ1) is 18.3. The van der Waals surface area contributed by atoms with E-state index < -0.39 is 0 Å². The van der Waals surface area contributed by atoms with E-state index in [2.05, 4.69) is 55.4 Å². The monoisotopic (exact) mass is 518 g/mol. The van der Waals surface area contributed by atoms with E-state index in [0.717, 1.165) is 67.2 Å². The van der Waals surface area contributed by atoms with Crippen LogP contribution in [0.3, 0.4) is 0 Å². The van der Waals surface area contributed by atoms with Gasteiger partial charge in [-0.05, 0) is 86.6 Å². The number of methoxy groups -OCH3 is 1. The lowest BCUT2D eigenvalue weighted by molar-refractivity contribution is 0.0715. The number of nitrogens with zero attached hydrogens (tertiary/aromatic N) is 4. The molecular weight excluding hydrogens is 472 g/mol. The number of imidazole rings is 1. The molecule has 6 heteroatoms. The zero-order valence-corrected chi connectivity index (χ0v) is 24.1. The predicted molar refractivity (Wildman–Crippen MR) is 156 cm³/mol. The molecule has 1 aliphatic heterocycles. The van der Waals surface area contributed by atoms with Gasteiger partial charge in [0.05, 0.1) is 18.1 Å². The molecule has 0 radical (unpaired) electrons. The van der Waals surface area contributed by atoms with Gasteiger partial charge >= 0.3 is 0 Å². The smallest absolute Gasteiger partial charge is 0.253 e. The highest BCUT2D eigenvalue weighted by Crippen LogP contribution is 2.23. The summed E-state index contributed by atoms with van der Waals surface area (Å²) in [6, 6.07) is 14.3. The van der Waals surface area contributed by atoms with E-state index in [1.54, 1.807) is 7.11 Å². The van der Waals surface area contributed by atoms with Crippen LogP contribution in [0.15, 0.2) is 42.5 Å². The second kappa shape index (κ2) is 13.3. The summed E-state index contributed by atoms with van der Waals surface area (Å²) in [6.45, 7) is 14.7. The molecular formula is C32H46N4O2. The predicted octanol–water partition coefficient (Wildman–Crippen LogP) is 6.27. The minimum Gasteiger partial charge on any atom is -0.497 e. The normalized spacial score (nSPS) is 14.5. The maximum absolute atomic E-state index is 13.6. The fraction of sp³-hybridized carbons (Fsp3) is 0.562. The van der Waals surface area contributed by atoms with Gasteiger partial charge in [-0.3, -0.25) is 4.79 Å². The Bertz CT molecular complexity index is 1170. The number of hydrogen-bond donors (Lipinski definition) is 0. The van der Waals surface area contributed by atoms with Crippen LogP contribution in [0.25, 0.3) is 11.0 Å². The maximum Gasteiger partial charge on any atom is 0.253 e. The van der Waals surface area contributed by atoms with Crippen LogP contribution in [0.5, 0.6) is 5.75 Å². The molecule has 1 saturated heterocycles. The lowest BCUT2D eigenvalue weighted by Crippen LogP contribution is -2.37. The van der Waals surface area contributed by atoms with Crippen LogP contribution in [0.4, 0.5) is 0 Å². The van der Waals surface area contributed by atoms with Crippen molar-refractivity contribution in [3.05, 3.63) is 59.4 Å². The molecule has 4 rings (SSSR count).